The first kappa shape index (κ1) is 22.5. The number of H-pyrrole nitrogens is 1. The second-order valence-corrected chi connectivity index (χ2v) is 8.82. The third kappa shape index (κ3) is 5.62. The highest BCUT2D eigenvalue weighted by molar-refractivity contribution is 6.02. The fraction of sp³-hybridized carbons (Fsp3) is 0.571. The summed E-state index contributed by atoms with van der Waals surface area (Å²) < 4.78 is 6.72. The summed E-state index contributed by atoms with van der Waals surface area (Å²) in [6.07, 6.45) is 0.967. The lowest BCUT2D eigenvalue weighted by Crippen LogP contribution is -2.54. The van der Waals surface area contributed by atoms with Crippen LogP contribution in [0.1, 0.15) is 69.1 Å². The zero-order valence-corrected chi connectivity index (χ0v) is 18.4. The maximum Gasteiger partial charge on any atom is 0.408 e. The Morgan fingerprint density at radius 3 is 2.41 bits per heavy atom. The first-order valence-corrected chi connectivity index (χ1v) is 9.86. The van der Waals surface area contributed by atoms with E-state index in [2.05, 4.69) is 15.7 Å². The molecule has 160 valence electrons. The summed E-state index contributed by atoms with van der Waals surface area (Å²) in [4.78, 5) is 37.3. The Hall–Kier alpha value is -2.77. The Bertz CT molecular complexity index is 967. The van der Waals surface area contributed by atoms with E-state index in [1.807, 2.05) is 20.8 Å². The molecule has 2 heterocycles. The number of carbonyl (C=O) groups is 2. The third-order valence-corrected chi connectivity index (χ3v) is 4.56. The van der Waals surface area contributed by atoms with Crippen molar-refractivity contribution in [2.75, 3.05) is 6.54 Å². The summed E-state index contributed by atoms with van der Waals surface area (Å²) >= 11 is 0. The summed E-state index contributed by atoms with van der Waals surface area (Å²) in [5.41, 5.74) is 0.841. The predicted molar refractivity (Wildman–Crippen MR) is 113 cm³/mol. The van der Waals surface area contributed by atoms with Crippen LogP contribution in [0.25, 0.3) is 5.52 Å². The molecule has 0 aliphatic carbocycles. The number of ether oxygens (including phenoxy) is 1. The fourth-order valence-electron chi connectivity index (χ4n) is 3.36. The van der Waals surface area contributed by atoms with Crippen LogP contribution >= 0.6 is 0 Å². The van der Waals surface area contributed by atoms with Crippen molar-refractivity contribution < 1.29 is 14.3 Å². The summed E-state index contributed by atoms with van der Waals surface area (Å²) in [7, 11) is 0. The van der Waals surface area contributed by atoms with Gasteiger partial charge in [-0.2, -0.15) is 0 Å². The first-order chi connectivity index (χ1) is 13.3. The largest absolute Gasteiger partial charge is 0.444 e. The van der Waals surface area contributed by atoms with Gasteiger partial charge in [-0.3, -0.25) is 14.7 Å². The normalized spacial score (nSPS) is 13.8. The van der Waals surface area contributed by atoms with Crippen molar-refractivity contribution in [2.24, 2.45) is 0 Å². The van der Waals surface area contributed by atoms with E-state index in [0.717, 1.165) is 12.0 Å². The fourth-order valence-corrected chi connectivity index (χ4v) is 3.36. The molecule has 29 heavy (non-hydrogen) atoms. The molecule has 2 rings (SSSR count). The van der Waals surface area contributed by atoms with Crippen LogP contribution in [-0.4, -0.2) is 39.3 Å². The monoisotopic (exact) mass is 404 g/mol. The molecule has 1 atom stereocenters. The molecular formula is C21H32N4O4. The van der Waals surface area contributed by atoms with Gasteiger partial charge in [0.05, 0.1) is 16.6 Å². The highest BCUT2D eigenvalue weighted by Gasteiger charge is 2.29. The van der Waals surface area contributed by atoms with Crippen LogP contribution < -0.4 is 16.2 Å². The number of fused-ring (bicyclic) bond motifs is 1. The highest BCUT2D eigenvalue weighted by atomic mass is 16.6. The number of rotatable bonds is 6. The van der Waals surface area contributed by atoms with Gasteiger partial charge in [-0.1, -0.05) is 13.3 Å². The van der Waals surface area contributed by atoms with Gasteiger partial charge in [0.2, 0.25) is 0 Å². The van der Waals surface area contributed by atoms with Crippen LogP contribution in [-0.2, 0) is 4.74 Å². The zero-order chi connectivity index (χ0) is 22.0. The van der Waals surface area contributed by atoms with Gasteiger partial charge >= 0.3 is 6.09 Å². The smallest absolute Gasteiger partial charge is 0.408 e. The quantitative estimate of drug-likeness (QED) is 0.688. The average molecular weight is 405 g/mol. The molecule has 0 bridgehead atoms. The van der Waals surface area contributed by atoms with Crippen LogP contribution in [0, 0.1) is 13.8 Å². The Kier molecular flexibility index (Phi) is 6.45. The number of aromatic nitrogens is 2. The summed E-state index contributed by atoms with van der Waals surface area (Å²) in [6.45, 7) is 13.1. The third-order valence-electron chi connectivity index (χ3n) is 4.56. The van der Waals surface area contributed by atoms with Gasteiger partial charge in [-0.05, 0) is 59.6 Å². The Morgan fingerprint density at radius 1 is 1.17 bits per heavy atom. The van der Waals surface area contributed by atoms with Crippen LogP contribution in [0.15, 0.2) is 16.9 Å². The zero-order valence-electron chi connectivity index (χ0n) is 18.4. The van der Waals surface area contributed by atoms with E-state index < -0.39 is 17.2 Å². The van der Waals surface area contributed by atoms with Crippen LogP contribution in [0.2, 0.25) is 0 Å². The molecule has 2 aromatic rings. The summed E-state index contributed by atoms with van der Waals surface area (Å²) in [6, 6.07) is 3.30. The van der Waals surface area contributed by atoms with E-state index in [4.69, 9.17) is 4.74 Å². The van der Waals surface area contributed by atoms with Gasteiger partial charge in [0.25, 0.3) is 11.5 Å². The van der Waals surface area contributed by atoms with E-state index in [-0.39, 0.29) is 18.0 Å². The second kappa shape index (κ2) is 8.31. The Labute approximate surface area is 171 Å². The minimum absolute atomic E-state index is 0.218. The van der Waals surface area contributed by atoms with Gasteiger partial charge in [-0.25, -0.2) is 9.31 Å². The van der Waals surface area contributed by atoms with Gasteiger partial charge in [0.15, 0.2) is 0 Å². The summed E-state index contributed by atoms with van der Waals surface area (Å²) in [5.74, 6) is -0.306. The molecule has 1 unspecified atom stereocenters. The van der Waals surface area contributed by atoms with Crippen LogP contribution in [0.3, 0.4) is 0 Å². The molecule has 3 N–H and O–H groups in total. The predicted octanol–water partition coefficient (Wildman–Crippen LogP) is 3.06. The van der Waals surface area contributed by atoms with Gasteiger partial charge in [0, 0.05) is 18.3 Å². The molecule has 0 spiro atoms. The topological polar surface area (TPSA) is 105 Å². The number of aromatic amines is 1. The van der Waals surface area contributed by atoms with E-state index >= 15 is 0 Å². The maximum atomic E-state index is 12.9. The number of nitrogens with one attached hydrogen (secondary N) is 3. The lowest BCUT2D eigenvalue weighted by molar-refractivity contribution is 0.0453. The minimum Gasteiger partial charge on any atom is -0.444 e. The van der Waals surface area contributed by atoms with Gasteiger partial charge < -0.3 is 15.4 Å². The molecule has 8 nitrogen and oxygen atoms in total. The lowest BCUT2D eigenvalue weighted by atomic mass is 9.96. The Morgan fingerprint density at radius 2 is 1.83 bits per heavy atom. The molecule has 0 aliphatic heterocycles. The first-order valence-electron chi connectivity index (χ1n) is 9.86. The van der Waals surface area contributed by atoms with E-state index in [1.165, 1.54) is 10.6 Å². The molecule has 2 aromatic heterocycles. The number of pyridine rings is 1. The molecule has 0 saturated heterocycles. The highest BCUT2D eigenvalue weighted by Crippen LogP contribution is 2.17. The van der Waals surface area contributed by atoms with E-state index in [1.54, 1.807) is 33.8 Å². The molecule has 0 radical (unpaired) electrons. The van der Waals surface area contributed by atoms with Crippen molar-refractivity contribution in [3.63, 3.8) is 0 Å². The lowest BCUT2D eigenvalue weighted by Gasteiger charge is -2.32. The molecule has 8 heteroatoms. The van der Waals surface area contributed by atoms with Crippen molar-refractivity contribution in [1.29, 1.82) is 0 Å². The number of nitrogens with zero attached hydrogens (tertiary/aromatic N) is 1. The number of alkyl carbamates (subject to hydrolysis) is 1. The van der Waals surface area contributed by atoms with Crippen LogP contribution in [0.5, 0.6) is 0 Å². The van der Waals surface area contributed by atoms with Crippen LogP contribution in [0.4, 0.5) is 4.79 Å². The number of hydrogen-bond acceptors (Lipinski definition) is 4. The van der Waals surface area contributed by atoms with Crippen molar-refractivity contribution >= 4 is 17.5 Å². The number of hydrogen-bond donors (Lipinski definition) is 3. The number of aryl methyl sites for hydroxylation is 2. The molecular weight excluding hydrogens is 372 g/mol. The Balaban J connectivity index is 2.21. The molecule has 0 aliphatic rings. The minimum atomic E-state index is -0.667. The molecule has 0 aromatic carbocycles. The van der Waals surface area contributed by atoms with E-state index in [0.29, 0.717) is 23.2 Å². The van der Waals surface area contributed by atoms with Gasteiger partial charge in [-0.15, -0.1) is 0 Å². The average Bonchev–Trinajstić information content (AvgIpc) is 2.87. The number of amides is 2. The number of carbonyl (C=O) groups excluding carboxylic acids is 2. The SMILES string of the molecule is CCCC(C)(CNC(=O)c1c(C)[nH]n2c(=O)cc(C)cc12)NC(=O)OC(C)(C)C. The molecule has 2 amide bonds. The van der Waals surface area contributed by atoms with Crippen molar-refractivity contribution in [3.05, 3.63) is 39.3 Å². The molecule has 0 fully saturated rings. The standard InChI is InChI=1S/C21H32N4O4/c1-8-9-21(7,23-19(28)29-20(4,5)6)12-22-18(27)17-14(3)24-25-15(17)10-13(2)11-16(25)26/h10-11,24H,8-9,12H2,1-7H3,(H,22,27)(H,23,28). The van der Waals surface area contributed by atoms with Gasteiger partial charge in [0.1, 0.15) is 5.60 Å². The molecule has 0 saturated carbocycles. The summed E-state index contributed by atoms with van der Waals surface area (Å²) in [5, 5.41) is 8.73. The van der Waals surface area contributed by atoms with Crippen molar-refractivity contribution in [1.82, 2.24) is 20.2 Å². The maximum absolute atomic E-state index is 12.9. The van der Waals surface area contributed by atoms with E-state index in [9.17, 15) is 14.4 Å². The van der Waals surface area contributed by atoms with Crippen molar-refractivity contribution in [2.45, 2.75) is 72.4 Å². The van der Waals surface area contributed by atoms with Crippen molar-refractivity contribution in [3.8, 4) is 0 Å². The second-order valence-electron chi connectivity index (χ2n) is 8.82.